The molecule has 2 heterocycles. The molecular formula is C17H23N5. The van der Waals surface area contributed by atoms with Gasteiger partial charge in [0.05, 0.1) is 0 Å². The zero-order chi connectivity index (χ0) is 15.2. The zero-order valence-corrected chi connectivity index (χ0v) is 12.8. The van der Waals surface area contributed by atoms with Crippen molar-refractivity contribution >= 4 is 11.6 Å². The van der Waals surface area contributed by atoms with E-state index in [2.05, 4.69) is 20.2 Å². The van der Waals surface area contributed by atoms with E-state index in [1.165, 1.54) is 32.4 Å². The van der Waals surface area contributed by atoms with Crippen LogP contribution in [0.4, 0.5) is 11.6 Å². The summed E-state index contributed by atoms with van der Waals surface area (Å²) >= 11 is 0. The van der Waals surface area contributed by atoms with E-state index in [4.69, 9.17) is 5.73 Å². The summed E-state index contributed by atoms with van der Waals surface area (Å²) in [6.07, 6.45) is 7.72. The number of hydrogen-bond donors (Lipinski definition) is 2. The van der Waals surface area contributed by atoms with Crippen LogP contribution in [-0.2, 0) is 0 Å². The second kappa shape index (κ2) is 7.22. The number of anilines is 2. The standard InChI is InChI=1S/C17H23N5/c18-16-6-4-14(5-7-16)15-12-20-17(21-13-15)19-8-11-22-9-2-1-3-10-22/h4-7,12-13H,1-3,8-11,18H2,(H,19,20,21). The molecule has 1 aliphatic heterocycles. The van der Waals surface area contributed by atoms with Crippen LogP contribution in [0.3, 0.4) is 0 Å². The summed E-state index contributed by atoms with van der Waals surface area (Å²) in [5.74, 6) is 0.691. The number of hydrogen-bond acceptors (Lipinski definition) is 5. The Morgan fingerprint density at radius 3 is 2.32 bits per heavy atom. The number of nitrogen functional groups attached to an aromatic ring is 1. The van der Waals surface area contributed by atoms with Gasteiger partial charge in [-0.05, 0) is 43.6 Å². The number of likely N-dealkylation sites (tertiary alicyclic amines) is 1. The Bertz CT molecular complexity index is 573. The Morgan fingerprint density at radius 1 is 0.955 bits per heavy atom. The third-order valence-corrected chi connectivity index (χ3v) is 4.06. The maximum atomic E-state index is 5.70. The van der Waals surface area contributed by atoms with Gasteiger partial charge in [-0.25, -0.2) is 9.97 Å². The average Bonchev–Trinajstić information content (AvgIpc) is 2.57. The third-order valence-electron chi connectivity index (χ3n) is 4.06. The molecule has 1 fully saturated rings. The molecule has 0 spiro atoms. The van der Waals surface area contributed by atoms with E-state index < -0.39 is 0 Å². The van der Waals surface area contributed by atoms with Gasteiger partial charge in [0.2, 0.25) is 5.95 Å². The van der Waals surface area contributed by atoms with E-state index in [0.717, 1.165) is 29.9 Å². The molecule has 0 radical (unpaired) electrons. The molecule has 22 heavy (non-hydrogen) atoms. The SMILES string of the molecule is Nc1ccc(-c2cnc(NCCN3CCCCC3)nc2)cc1. The van der Waals surface area contributed by atoms with Crippen LogP contribution in [0.5, 0.6) is 0 Å². The van der Waals surface area contributed by atoms with Gasteiger partial charge in [-0.15, -0.1) is 0 Å². The van der Waals surface area contributed by atoms with Gasteiger partial charge in [0, 0.05) is 36.7 Å². The maximum Gasteiger partial charge on any atom is 0.222 e. The number of nitrogens with one attached hydrogen (secondary N) is 1. The summed E-state index contributed by atoms with van der Waals surface area (Å²) in [6.45, 7) is 4.39. The summed E-state index contributed by atoms with van der Waals surface area (Å²) < 4.78 is 0. The predicted molar refractivity (Wildman–Crippen MR) is 90.7 cm³/mol. The lowest BCUT2D eigenvalue weighted by molar-refractivity contribution is 0.237. The van der Waals surface area contributed by atoms with Crippen LogP contribution >= 0.6 is 0 Å². The highest BCUT2D eigenvalue weighted by molar-refractivity contribution is 5.64. The Morgan fingerprint density at radius 2 is 1.64 bits per heavy atom. The number of benzene rings is 1. The van der Waals surface area contributed by atoms with Crippen LogP contribution in [0.25, 0.3) is 11.1 Å². The van der Waals surface area contributed by atoms with Gasteiger partial charge in [-0.1, -0.05) is 18.6 Å². The second-order valence-corrected chi connectivity index (χ2v) is 5.75. The Labute approximate surface area is 131 Å². The lowest BCUT2D eigenvalue weighted by Gasteiger charge is -2.26. The molecule has 116 valence electrons. The first kappa shape index (κ1) is 14.8. The largest absolute Gasteiger partial charge is 0.399 e. The molecule has 1 aromatic carbocycles. The van der Waals surface area contributed by atoms with Crippen LogP contribution in [0.2, 0.25) is 0 Å². The molecule has 5 nitrogen and oxygen atoms in total. The minimum atomic E-state index is 0.691. The smallest absolute Gasteiger partial charge is 0.222 e. The molecule has 0 bridgehead atoms. The van der Waals surface area contributed by atoms with Crippen molar-refractivity contribution in [3.63, 3.8) is 0 Å². The zero-order valence-electron chi connectivity index (χ0n) is 12.8. The fraction of sp³-hybridized carbons (Fsp3) is 0.412. The van der Waals surface area contributed by atoms with Crippen molar-refractivity contribution in [1.29, 1.82) is 0 Å². The molecular weight excluding hydrogens is 274 g/mol. The second-order valence-electron chi connectivity index (χ2n) is 5.75. The Hall–Kier alpha value is -2.14. The van der Waals surface area contributed by atoms with Crippen molar-refractivity contribution in [2.24, 2.45) is 0 Å². The fourth-order valence-corrected chi connectivity index (χ4v) is 2.75. The van der Waals surface area contributed by atoms with Crippen LogP contribution in [0, 0.1) is 0 Å². The Kier molecular flexibility index (Phi) is 4.85. The summed E-state index contributed by atoms with van der Waals surface area (Å²) in [7, 11) is 0. The summed E-state index contributed by atoms with van der Waals surface area (Å²) in [4.78, 5) is 11.3. The molecule has 2 aromatic rings. The van der Waals surface area contributed by atoms with Crippen molar-refractivity contribution in [2.45, 2.75) is 19.3 Å². The van der Waals surface area contributed by atoms with Crippen LogP contribution < -0.4 is 11.1 Å². The average molecular weight is 297 g/mol. The molecule has 3 rings (SSSR count). The van der Waals surface area contributed by atoms with Gasteiger partial charge in [-0.3, -0.25) is 0 Å². The van der Waals surface area contributed by atoms with Gasteiger partial charge in [0.15, 0.2) is 0 Å². The van der Waals surface area contributed by atoms with Gasteiger partial charge in [0.25, 0.3) is 0 Å². The van der Waals surface area contributed by atoms with Crippen LogP contribution in [0.15, 0.2) is 36.7 Å². The van der Waals surface area contributed by atoms with Gasteiger partial charge in [0.1, 0.15) is 0 Å². The van der Waals surface area contributed by atoms with E-state index in [-0.39, 0.29) is 0 Å². The first-order chi connectivity index (χ1) is 10.8. The number of nitrogens with zero attached hydrogens (tertiary/aromatic N) is 3. The predicted octanol–water partition coefficient (Wildman–Crippen LogP) is 2.62. The van der Waals surface area contributed by atoms with Crippen molar-refractivity contribution < 1.29 is 0 Å². The van der Waals surface area contributed by atoms with E-state index in [1.54, 1.807) is 0 Å². The normalized spacial score (nSPS) is 15.6. The molecule has 1 aromatic heterocycles. The molecule has 0 atom stereocenters. The quantitative estimate of drug-likeness (QED) is 0.830. The van der Waals surface area contributed by atoms with Gasteiger partial charge >= 0.3 is 0 Å². The Balaban J connectivity index is 1.51. The maximum absolute atomic E-state index is 5.70. The minimum Gasteiger partial charge on any atom is -0.399 e. The van der Waals surface area contributed by atoms with Gasteiger partial charge < -0.3 is 16.0 Å². The molecule has 1 aliphatic rings. The number of nitrogens with two attached hydrogens (primary N) is 1. The topological polar surface area (TPSA) is 67.1 Å². The monoisotopic (exact) mass is 297 g/mol. The first-order valence-electron chi connectivity index (χ1n) is 7.95. The molecule has 0 unspecified atom stereocenters. The van der Waals surface area contributed by atoms with Crippen molar-refractivity contribution in [2.75, 3.05) is 37.2 Å². The van der Waals surface area contributed by atoms with Crippen LogP contribution in [-0.4, -0.2) is 41.0 Å². The molecule has 0 amide bonds. The number of piperidine rings is 1. The van der Waals surface area contributed by atoms with E-state index in [0.29, 0.717) is 5.95 Å². The molecule has 0 saturated carbocycles. The summed E-state index contributed by atoms with van der Waals surface area (Å²) in [5, 5.41) is 3.30. The highest BCUT2D eigenvalue weighted by Gasteiger charge is 2.09. The first-order valence-corrected chi connectivity index (χ1v) is 7.95. The van der Waals surface area contributed by atoms with Crippen LogP contribution in [0.1, 0.15) is 19.3 Å². The molecule has 1 saturated heterocycles. The summed E-state index contributed by atoms with van der Waals surface area (Å²) in [6, 6.07) is 7.75. The lowest BCUT2D eigenvalue weighted by Crippen LogP contribution is -2.33. The van der Waals surface area contributed by atoms with E-state index in [1.807, 2.05) is 36.7 Å². The van der Waals surface area contributed by atoms with E-state index >= 15 is 0 Å². The van der Waals surface area contributed by atoms with Gasteiger partial charge in [-0.2, -0.15) is 0 Å². The third kappa shape index (κ3) is 3.95. The van der Waals surface area contributed by atoms with Crippen molar-refractivity contribution in [3.8, 4) is 11.1 Å². The fourth-order valence-electron chi connectivity index (χ4n) is 2.75. The molecule has 0 aliphatic carbocycles. The molecule has 3 N–H and O–H groups in total. The molecule has 5 heteroatoms. The minimum absolute atomic E-state index is 0.691. The number of rotatable bonds is 5. The highest BCUT2D eigenvalue weighted by atomic mass is 15.2. The van der Waals surface area contributed by atoms with Crippen molar-refractivity contribution in [3.05, 3.63) is 36.7 Å². The van der Waals surface area contributed by atoms with Crippen molar-refractivity contribution in [1.82, 2.24) is 14.9 Å². The highest BCUT2D eigenvalue weighted by Crippen LogP contribution is 2.19. The van der Waals surface area contributed by atoms with E-state index in [9.17, 15) is 0 Å². The summed E-state index contributed by atoms with van der Waals surface area (Å²) in [5.41, 5.74) is 8.54. The lowest BCUT2D eigenvalue weighted by atomic mass is 10.1. The number of aromatic nitrogens is 2.